The van der Waals surface area contributed by atoms with Crippen molar-refractivity contribution < 1.29 is 9.47 Å². The van der Waals surface area contributed by atoms with Crippen LogP contribution < -0.4 is 19.7 Å². The van der Waals surface area contributed by atoms with Crippen molar-refractivity contribution in [2.45, 2.75) is 32.6 Å². The molecule has 1 N–H and O–H groups in total. The minimum atomic E-state index is 0.715. The third kappa shape index (κ3) is 4.32. The van der Waals surface area contributed by atoms with Crippen LogP contribution in [0.15, 0.2) is 24.3 Å². The van der Waals surface area contributed by atoms with Gasteiger partial charge in [-0.3, -0.25) is 0 Å². The van der Waals surface area contributed by atoms with E-state index in [-0.39, 0.29) is 0 Å². The van der Waals surface area contributed by atoms with Gasteiger partial charge in [-0.15, -0.1) is 0 Å². The van der Waals surface area contributed by atoms with Gasteiger partial charge in [0.05, 0.1) is 19.9 Å². The first-order chi connectivity index (χ1) is 12.2. The summed E-state index contributed by atoms with van der Waals surface area (Å²) in [5, 5.41) is 3.35. The molecular weight excluding hydrogens is 316 g/mol. The minimum Gasteiger partial charge on any atom is -0.497 e. The molecule has 1 aliphatic heterocycles. The second-order valence-electron chi connectivity index (χ2n) is 6.29. The highest BCUT2D eigenvalue weighted by Gasteiger charge is 2.14. The molecule has 1 fully saturated rings. The second-order valence-corrected chi connectivity index (χ2v) is 6.29. The first-order valence-electron chi connectivity index (χ1n) is 8.79. The van der Waals surface area contributed by atoms with Crippen molar-refractivity contribution in [1.29, 1.82) is 0 Å². The molecule has 134 valence electrons. The molecule has 0 radical (unpaired) electrons. The zero-order chi connectivity index (χ0) is 17.6. The van der Waals surface area contributed by atoms with Gasteiger partial charge in [-0.2, -0.15) is 4.98 Å². The maximum absolute atomic E-state index is 5.46. The zero-order valence-corrected chi connectivity index (χ0v) is 15.2. The summed E-state index contributed by atoms with van der Waals surface area (Å²) >= 11 is 0. The summed E-state index contributed by atoms with van der Waals surface area (Å²) in [6.07, 6.45) is 4.98. The van der Waals surface area contributed by atoms with Gasteiger partial charge in [0.15, 0.2) is 0 Å². The molecule has 0 bridgehead atoms. The molecule has 0 atom stereocenters. The normalized spacial score (nSPS) is 14.8. The van der Waals surface area contributed by atoms with Crippen molar-refractivity contribution in [2.24, 2.45) is 0 Å². The predicted molar refractivity (Wildman–Crippen MR) is 100 cm³/mol. The minimum absolute atomic E-state index is 0.715. The first kappa shape index (κ1) is 17.3. The van der Waals surface area contributed by atoms with E-state index in [1.165, 1.54) is 25.7 Å². The lowest BCUT2D eigenvalue weighted by Gasteiger charge is -2.21. The van der Waals surface area contributed by atoms with Gasteiger partial charge < -0.3 is 19.7 Å². The zero-order valence-electron chi connectivity index (χ0n) is 15.2. The molecule has 1 aromatic heterocycles. The summed E-state index contributed by atoms with van der Waals surface area (Å²) in [5.74, 6) is 3.05. The van der Waals surface area contributed by atoms with Gasteiger partial charge in [0.2, 0.25) is 5.95 Å². The van der Waals surface area contributed by atoms with E-state index in [1.54, 1.807) is 14.2 Å². The number of ether oxygens (including phenoxy) is 2. The quantitative estimate of drug-likeness (QED) is 0.888. The SMILES string of the molecule is COc1ccc(Nc2cc(C)nc(N3CCCCCC3)n2)c(OC)c1. The Morgan fingerprint density at radius 3 is 2.40 bits per heavy atom. The Hall–Kier alpha value is -2.50. The van der Waals surface area contributed by atoms with Crippen LogP contribution in [0.2, 0.25) is 0 Å². The molecule has 6 nitrogen and oxygen atoms in total. The summed E-state index contributed by atoms with van der Waals surface area (Å²) in [7, 11) is 3.29. The summed E-state index contributed by atoms with van der Waals surface area (Å²) in [5.41, 5.74) is 1.80. The van der Waals surface area contributed by atoms with E-state index >= 15 is 0 Å². The number of hydrogen-bond acceptors (Lipinski definition) is 6. The fourth-order valence-corrected chi connectivity index (χ4v) is 3.07. The maximum Gasteiger partial charge on any atom is 0.227 e. The molecule has 1 aliphatic rings. The van der Waals surface area contributed by atoms with Gasteiger partial charge in [0.25, 0.3) is 0 Å². The summed E-state index contributed by atoms with van der Waals surface area (Å²) < 4.78 is 10.7. The predicted octanol–water partition coefficient (Wildman–Crippen LogP) is 3.93. The molecule has 6 heteroatoms. The Kier molecular flexibility index (Phi) is 5.58. The lowest BCUT2D eigenvalue weighted by molar-refractivity contribution is 0.395. The molecule has 1 saturated heterocycles. The van der Waals surface area contributed by atoms with Gasteiger partial charge in [-0.1, -0.05) is 12.8 Å². The second kappa shape index (κ2) is 8.05. The van der Waals surface area contributed by atoms with Gasteiger partial charge in [-0.05, 0) is 31.9 Å². The number of rotatable bonds is 5. The molecular formula is C19H26N4O2. The molecule has 2 aromatic rings. The Balaban J connectivity index is 1.85. The number of benzene rings is 1. The van der Waals surface area contributed by atoms with Crippen LogP contribution >= 0.6 is 0 Å². The number of aryl methyl sites for hydroxylation is 1. The van der Waals surface area contributed by atoms with Crippen molar-refractivity contribution in [3.05, 3.63) is 30.0 Å². The molecule has 0 unspecified atom stereocenters. The van der Waals surface area contributed by atoms with Crippen LogP contribution in [0.25, 0.3) is 0 Å². The van der Waals surface area contributed by atoms with Crippen LogP contribution in [0.1, 0.15) is 31.4 Å². The number of nitrogens with zero attached hydrogens (tertiary/aromatic N) is 3. The average molecular weight is 342 g/mol. The Bertz CT molecular complexity index is 713. The van der Waals surface area contributed by atoms with E-state index in [4.69, 9.17) is 14.5 Å². The molecule has 0 saturated carbocycles. The maximum atomic E-state index is 5.46. The Labute approximate surface area is 149 Å². The van der Waals surface area contributed by atoms with E-state index in [0.29, 0.717) is 5.75 Å². The van der Waals surface area contributed by atoms with Crippen molar-refractivity contribution in [3.63, 3.8) is 0 Å². The molecule has 0 aliphatic carbocycles. The van der Waals surface area contributed by atoms with Crippen LogP contribution in [-0.2, 0) is 0 Å². The highest BCUT2D eigenvalue weighted by Crippen LogP contribution is 2.31. The van der Waals surface area contributed by atoms with Gasteiger partial charge in [0, 0.05) is 30.9 Å². The Morgan fingerprint density at radius 1 is 0.960 bits per heavy atom. The monoisotopic (exact) mass is 342 g/mol. The third-order valence-corrected chi connectivity index (χ3v) is 4.40. The van der Waals surface area contributed by atoms with Crippen molar-refractivity contribution in [1.82, 2.24) is 9.97 Å². The van der Waals surface area contributed by atoms with E-state index in [1.807, 2.05) is 31.2 Å². The van der Waals surface area contributed by atoms with Crippen LogP contribution in [0, 0.1) is 6.92 Å². The standard InChI is InChI=1S/C19H26N4O2/c1-14-12-18(21-16-9-8-15(24-2)13-17(16)25-3)22-19(20-14)23-10-6-4-5-7-11-23/h8-9,12-13H,4-7,10-11H2,1-3H3,(H,20,21,22). The van der Waals surface area contributed by atoms with Crippen LogP contribution in [0.5, 0.6) is 11.5 Å². The molecule has 1 aromatic carbocycles. The van der Waals surface area contributed by atoms with Gasteiger partial charge >= 0.3 is 0 Å². The summed E-state index contributed by atoms with van der Waals surface area (Å²) in [4.78, 5) is 11.7. The number of anilines is 3. The Morgan fingerprint density at radius 2 is 1.72 bits per heavy atom. The lowest BCUT2D eigenvalue weighted by Crippen LogP contribution is -2.26. The number of methoxy groups -OCH3 is 2. The van der Waals surface area contributed by atoms with E-state index < -0.39 is 0 Å². The van der Waals surface area contributed by atoms with E-state index in [0.717, 1.165) is 42.0 Å². The summed E-state index contributed by atoms with van der Waals surface area (Å²) in [6.45, 7) is 4.04. The van der Waals surface area contributed by atoms with Crippen LogP contribution in [0.4, 0.5) is 17.5 Å². The lowest BCUT2D eigenvalue weighted by atomic mass is 10.2. The topological polar surface area (TPSA) is 59.5 Å². The highest BCUT2D eigenvalue weighted by atomic mass is 16.5. The summed E-state index contributed by atoms with van der Waals surface area (Å²) in [6, 6.07) is 7.63. The fourth-order valence-electron chi connectivity index (χ4n) is 3.07. The van der Waals surface area contributed by atoms with Crippen molar-refractivity contribution >= 4 is 17.5 Å². The van der Waals surface area contributed by atoms with Crippen molar-refractivity contribution in [2.75, 3.05) is 37.5 Å². The van der Waals surface area contributed by atoms with E-state index in [9.17, 15) is 0 Å². The first-order valence-corrected chi connectivity index (χ1v) is 8.79. The number of nitrogens with one attached hydrogen (secondary N) is 1. The average Bonchev–Trinajstić information content (AvgIpc) is 2.91. The van der Waals surface area contributed by atoms with Gasteiger partial charge in [0.1, 0.15) is 17.3 Å². The molecule has 2 heterocycles. The fraction of sp³-hybridized carbons (Fsp3) is 0.474. The number of aromatic nitrogens is 2. The highest BCUT2D eigenvalue weighted by molar-refractivity contribution is 5.66. The smallest absolute Gasteiger partial charge is 0.227 e. The molecule has 25 heavy (non-hydrogen) atoms. The third-order valence-electron chi connectivity index (χ3n) is 4.40. The molecule has 0 amide bonds. The molecule has 0 spiro atoms. The largest absolute Gasteiger partial charge is 0.497 e. The van der Waals surface area contributed by atoms with E-state index in [2.05, 4.69) is 15.2 Å². The van der Waals surface area contributed by atoms with Crippen LogP contribution in [-0.4, -0.2) is 37.3 Å². The van der Waals surface area contributed by atoms with Crippen LogP contribution in [0.3, 0.4) is 0 Å². The molecule has 3 rings (SSSR count). The van der Waals surface area contributed by atoms with Gasteiger partial charge in [-0.25, -0.2) is 4.98 Å². The number of hydrogen-bond donors (Lipinski definition) is 1. The van der Waals surface area contributed by atoms with Crippen molar-refractivity contribution in [3.8, 4) is 11.5 Å².